The summed E-state index contributed by atoms with van der Waals surface area (Å²) in [4.78, 5) is 37.4. The highest BCUT2D eigenvalue weighted by Gasteiger charge is 2.43. The van der Waals surface area contributed by atoms with Crippen LogP contribution in [0.25, 0.3) is 0 Å². The Hall–Kier alpha value is -1.59. The standard InChI is InChI=1S/C15H24N2O4/c1-2-5-15(14(20)21)6-9-17(10-7-15)13(19)11-4-3-8-16-12(11)18/h11H,2-10H2,1H3,(H,16,18)(H,20,21). The van der Waals surface area contributed by atoms with E-state index < -0.39 is 17.3 Å². The minimum Gasteiger partial charge on any atom is -0.481 e. The van der Waals surface area contributed by atoms with E-state index in [1.54, 1.807) is 4.90 Å². The van der Waals surface area contributed by atoms with Crippen LogP contribution in [-0.4, -0.2) is 47.4 Å². The Morgan fingerprint density at radius 3 is 2.57 bits per heavy atom. The monoisotopic (exact) mass is 296 g/mol. The molecule has 0 aromatic rings. The van der Waals surface area contributed by atoms with Gasteiger partial charge in [0.1, 0.15) is 5.92 Å². The molecule has 6 heteroatoms. The van der Waals surface area contributed by atoms with Crippen LogP contribution >= 0.6 is 0 Å². The van der Waals surface area contributed by atoms with Gasteiger partial charge in [-0.25, -0.2) is 0 Å². The zero-order valence-electron chi connectivity index (χ0n) is 12.6. The maximum Gasteiger partial charge on any atom is 0.309 e. The van der Waals surface area contributed by atoms with Crippen LogP contribution in [0.5, 0.6) is 0 Å². The summed E-state index contributed by atoms with van der Waals surface area (Å²) in [6, 6.07) is 0. The molecule has 0 saturated carbocycles. The van der Waals surface area contributed by atoms with Crippen molar-refractivity contribution in [2.24, 2.45) is 11.3 Å². The molecule has 2 rings (SSSR count). The van der Waals surface area contributed by atoms with Crippen molar-refractivity contribution < 1.29 is 19.5 Å². The summed E-state index contributed by atoms with van der Waals surface area (Å²) >= 11 is 0. The molecule has 0 aromatic carbocycles. The highest BCUT2D eigenvalue weighted by atomic mass is 16.4. The lowest BCUT2D eigenvalue weighted by molar-refractivity contribution is -0.157. The molecule has 0 spiro atoms. The van der Waals surface area contributed by atoms with Gasteiger partial charge in [0.15, 0.2) is 0 Å². The lowest BCUT2D eigenvalue weighted by Gasteiger charge is -2.40. The predicted octanol–water partition coefficient (Wildman–Crippen LogP) is 1.01. The normalized spacial score (nSPS) is 25.3. The van der Waals surface area contributed by atoms with E-state index in [1.165, 1.54) is 0 Å². The van der Waals surface area contributed by atoms with Gasteiger partial charge < -0.3 is 15.3 Å². The quantitative estimate of drug-likeness (QED) is 0.758. The van der Waals surface area contributed by atoms with Crippen LogP contribution in [-0.2, 0) is 14.4 Å². The van der Waals surface area contributed by atoms with E-state index in [2.05, 4.69) is 5.32 Å². The molecule has 2 amide bonds. The molecular formula is C15H24N2O4. The summed E-state index contributed by atoms with van der Waals surface area (Å²) in [6.45, 7) is 3.50. The highest BCUT2D eigenvalue weighted by molar-refractivity contribution is 6.00. The van der Waals surface area contributed by atoms with E-state index in [0.717, 1.165) is 12.8 Å². The van der Waals surface area contributed by atoms with Crippen LogP contribution in [0.4, 0.5) is 0 Å². The fourth-order valence-electron chi connectivity index (χ4n) is 3.43. The van der Waals surface area contributed by atoms with Crippen molar-refractivity contribution in [2.45, 2.75) is 45.4 Å². The molecule has 2 fully saturated rings. The van der Waals surface area contributed by atoms with Crippen molar-refractivity contribution in [1.29, 1.82) is 0 Å². The average molecular weight is 296 g/mol. The van der Waals surface area contributed by atoms with Gasteiger partial charge in [0, 0.05) is 19.6 Å². The number of carbonyl (C=O) groups excluding carboxylic acids is 2. The first-order valence-corrected chi connectivity index (χ1v) is 7.80. The van der Waals surface area contributed by atoms with Crippen LogP contribution in [0.3, 0.4) is 0 Å². The van der Waals surface area contributed by atoms with Gasteiger partial charge in [-0.15, -0.1) is 0 Å². The van der Waals surface area contributed by atoms with Crippen molar-refractivity contribution >= 4 is 17.8 Å². The number of nitrogens with zero attached hydrogens (tertiary/aromatic N) is 1. The molecule has 2 aliphatic rings. The smallest absolute Gasteiger partial charge is 0.309 e. The number of carboxylic acids is 1. The molecule has 2 saturated heterocycles. The zero-order valence-corrected chi connectivity index (χ0v) is 12.6. The summed E-state index contributed by atoms with van der Waals surface area (Å²) in [6.07, 6.45) is 3.86. The van der Waals surface area contributed by atoms with Gasteiger partial charge in [-0.3, -0.25) is 14.4 Å². The topological polar surface area (TPSA) is 86.7 Å². The minimum absolute atomic E-state index is 0.136. The van der Waals surface area contributed by atoms with Gasteiger partial charge >= 0.3 is 5.97 Å². The summed E-state index contributed by atoms with van der Waals surface area (Å²) < 4.78 is 0. The van der Waals surface area contributed by atoms with Gasteiger partial charge in [0.05, 0.1) is 5.41 Å². The number of hydrogen-bond donors (Lipinski definition) is 2. The molecule has 1 atom stereocenters. The molecule has 2 aliphatic heterocycles. The first-order chi connectivity index (χ1) is 10.00. The van der Waals surface area contributed by atoms with Crippen molar-refractivity contribution in [2.75, 3.05) is 19.6 Å². The van der Waals surface area contributed by atoms with Crippen LogP contribution in [0, 0.1) is 11.3 Å². The number of aliphatic carboxylic acids is 1. The molecule has 0 aliphatic carbocycles. The molecule has 2 N–H and O–H groups in total. The predicted molar refractivity (Wildman–Crippen MR) is 76.5 cm³/mol. The van der Waals surface area contributed by atoms with Crippen molar-refractivity contribution in [3.05, 3.63) is 0 Å². The van der Waals surface area contributed by atoms with Gasteiger partial charge in [0.25, 0.3) is 0 Å². The third kappa shape index (κ3) is 3.19. The number of rotatable bonds is 4. The molecule has 118 valence electrons. The lowest BCUT2D eigenvalue weighted by Crippen LogP contribution is -2.51. The third-order valence-electron chi connectivity index (χ3n) is 4.80. The van der Waals surface area contributed by atoms with E-state index >= 15 is 0 Å². The average Bonchev–Trinajstić information content (AvgIpc) is 2.48. The van der Waals surface area contributed by atoms with Crippen LogP contribution < -0.4 is 5.32 Å². The largest absolute Gasteiger partial charge is 0.481 e. The van der Waals surface area contributed by atoms with E-state index in [-0.39, 0.29) is 11.8 Å². The van der Waals surface area contributed by atoms with Gasteiger partial charge in [-0.05, 0) is 32.1 Å². The van der Waals surface area contributed by atoms with Gasteiger partial charge in [0.2, 0.25) is 11.8 Å². The van der Waals surface area contributed by atoms with E-state index in [0.29, 0.717) is 45.3 Å². The fourth-order valence-corrected chi connectivity index (χ4v) is 3.43. The number of nitrogens with one attached hydrogen (secondary N) is 1. The Morgan fingerprint density at radius 2 is 2.05 bits per heavy atom. The third-order valence-corrected chi connectivity index (χ3v) is 4.80. The Balaban J connectivity index is 1.98. The van der Waals surface area contributed by atoms with Crippen molar-refractivity contribution in [1.82, 2.24) is 10.2 Å². The molecular weight excluding hydrogens is 272 g/mol. The number of hydrogen-bond acceptors (Lipinski definition) is 3. The number of amides is 2. The fraction of sp³-hybridized carbons (Fsp3) is 0.800. The van der Waals surface area contributed by atoms with Crippen LogP contribution in [0.2, 0.25) is 0 Å². The van der Waals surface area contributed by atoms with Gasteiger partial charge in [-0.1, -0.05) is 13.3 Å². The molecule has 0 aromatic heterocycles. The van der Waals surface area contributed by atoms with E-state index in [1.807, 2.05) is 6.92 Å². The maximum absolute atomic E-state index is 12.4. The zero-order chi connectivity index (χ0) is 15.5. The number of likely N-dealkylation sites (tertiary alicyclic amines) is 1. The molecule has 1 unspecified atom stereocenters. The summed E-state index contributed by atoms with van der Waals surface area (Å²) in [5, 5.41) is 12.2. The maximum atomic E-state index is 12.4. The Labute approximate surface area is 124 Å². The van der Waals surface area contributed by atoms with Crippen LogP contribution in [0.15, 0.2) is 0 Å². The molecule has 21 heavy (non-hydrogen) atoms. The van der Waals surface area contributed by atoms with Crippen molar-refractivity contribution in [3.8, 4) is 0 Å². The van der Waals surface area contributed by atoms with Crippen molar-refractivity contribution in [3.63, 3.8) is 0 Å². The second kappa shape index (κ2) is 6.45. The molecule has 0 bridgehead atoms. The van der Waals surface area contributed by atoms with Gasteiger partial charge in [-0.2, -0.15) is 0 Å². The molecule has 2 heterocycles. The second-order valence-electron chi connectivity index (χ2n) is 6.15. The first kappa shape index (κ1) is 15.8. The Kier molecular flexibility index (Phi) is 4.85. The highest BCUT2D eigenvalue weighted by Crippen LogP contribution is 2.37. The SMILES string of the molecule is CCCC1(C(=O)O)CCN(C(=O)C2CCCNC2=O)CC1. The Bertz CT molecular complexity index is 427. The van der Waals surface area contributed by atoms with Crippen LogP contribution in [0.1, 0.15) is 45.4 Å². The number of piperidine rings is 2. The van der Waals surface area contributed by atoms with E-state index in [4.69, 9.17) is 0 Å². The summed E-state index contributed by atoms with van der Waals surface area (Å²) in [5.74, 6) is -1.66. The summed E-state index contributed by atoms with van der Waals surface area (Å²) in [7, 11) is 0. The summed E-state index contributed by atoms with van der Waals surface area (Å²) in [5.41, 5.74) is -0.694. The minimum atomic E-state index is -0.758. The number of carbonyl (C=O) groups is 3. The number of carboxylic acid groups (broad SMARTS) is 1. The Morgan fingerprint density at radius 1 is 1.38 bits per heavy atom. The van der Waals surface area contributed by atoms with E-state index in [9.17, 15) is 19.5 Å². The molecule has 6 nitrogen and oxygen atoms in total. The lowest BCUT2D eigenvalue weighted by atomic mass is 9.75. The first-order valence-electron chi connectivity index (χ1n) is 7.80. The second-order valence-corrected chi connectivity index (χ2v) is 6.15. The molecule has 0 radical (unpaired) electrons.